The van der Waals surface area contributed by atoms with E-state index in [9.17, 15) is 0 Å². The van der Waals surface area contributed by atoms with Crippen LogP contribution in [0.4, 0.5) is 0 Å². The molecule has 2 bridgehead atoms. The highest BCUT2D eigenvalue weighted by Gasteiger charge is 2.11. The third-order valence-corrected chi connectivity index (χ3v) is 1.78. The normalized spacial score (nSPS) is 13.4. The summed E-state index contributed by atoms with van der Waals surface area (Å²) < 4.78 is 5.31. The summed E-state index contributed by atoms with van der Waals surface area (Å²) >= 11 is 0. The van der Waals surface area contributed by atoms with Crippen molar-refractivity contribution in [2.24, 2.45) is 0 Å². The van der Waals surface area contributed by atoms with E-state index in [1.54, 1.807) is 0 Å². The van der Waals surface area contributed by atoms with Crippen LogP contribution < -0.4 is 4.74 Å². The molecular formula is C8H8O. The number of ether oxygens (including phenoxy) is 1. The van der Waals surface area contributed by atoms with Gasteiger partial charge >= 0.3 is 0 Å². The quantitative estimate of drug-likeness (QED) is 0.508. The minimum absolute atomic E-state index is 0.772. The Hall–Kier alpha value is -0.980. The summed E-state index contributed by atoms with van der Waals surface area (Å²) in [4.78, 5) is 0. The van der Waals surface area contributed by atoms with Gasteiger partial charge in [-0.2, -0.15) is 0 Å². The zero-order valence-corrected chi connectivity index (χ0v) is 5.35. The van der Waals surface area contributed by atoms with Gasteiger partial charge in [-0.25, -0.2) is 0 Å². The van der Waals surface area contributed by atoms with Gasteiger partial charge in [-0.1, -0.05) is 12.1 Å². The molecule has 1 aliphatic heterocycles. The lowest BCUT2D eigenvalue weighted by Gasteiger charge is -1.91. The maximum atomic E-state index is 5.31. The maximum Gasteiger partial charge on any atom is 0.123 e. The predicted molar refractivity (Wildman–Crippen MR) is 35.5 cm³/mol. The standard InChI is InChI=1S/C8H8O/c1-6-7-3-2-4-8(6)9-5-7/h2-4H,5H2,1H3. The lowest BCUT2D eigenvalue weighted by molar-refractivity contribution is 0.327. The first kappa shape index (κ1) is 4.86. The molecule has 1 nitrogen and oxygen atoms in total. The molecule has 0 unspecified atom stereocenters. The van der Waals surface area contributed by atoms with Crippen molar-refractivity contribution in [1.82, 2.24) is 0 Å². The highest BCUT2D eigenvalue weighted by atomic mass is 16.5. The van der Waals surface area contributed by atoms with Crippen LogP contribution >= 0.6 is 0 Å². The van der Waals surface area contributed by atoms with Gasteiger partial charge in [0.2, 0.25) is 0 Å². The van der Waals surface area contributed by atoms with Crippen molar-refractivity contribution in [3.05, 3.63) is 29.3 Å². The molecule has 0 radical (unpaired) electrons. The van der Waals surface area contributed by atoms with E-state index in [-0.39, 0.29) is 0 Å². The number of hydrogen-bond donors (Lipinski definition) is 0. The number of rotatable bonds is 0. The van der Waals surface area contributed by atoms with Crippen molar-refractivity contribution < 1.29 is 4.74 Å². The lowest BCUT2D eigenvalue weighted by atomic mass is 10.1. The second-order valence-electron chi connectivity index (χ2n) is 2.33. The zero-order chi connectivity index (χ0) is 6.27. The van der Waals surface area contributed by atoms with E-state index in [0.717, 1.165) is 12.4 Å². The summed E-state index contributed by atoms with van der Waals surface area (Å²) in [7, 11) is 0. The smallest absolute Gasteiger partial charge is 0.123 e. The van der Waals surface area contributed by atoms with E-state index in [0.29, 0.717) is 0 Å². The molecule has 2 rings (SSSR count). The van der Waals surface area contributed by atoms with Gasteiger partial charge in [0.1, 0.15) is 12.4 Å². The predicted octanol–water partition coefficient (Wildman–Crippen LogP) is 1.89. The fraction of sp³-hybridized carbons (Fsp3) is 0.250. The van der Waals surface area contributed by atoms with E-state index in [1.165, 1.54) is 11.1 Å². The SMILES string of the molecule is Cc1c2cccc1OC2. The molecule has 0 aliphatic carbocycles. The first-order valence-electron chi connectivity index (χ1n) is 3.09. The fourth-order valence-electron chi connectivity index (χ4n) is 1.13. The number of benzene rings is 1. The van der Waals surface area contributed by atoms with Gasteiger partial charge in [-0.05, 0) is 24.1 Å². The van der Waals surface area contributed by atoms with Gasteiger partial charge in [0.15, 0.2) is 0 Å². The molecular weight excluding hydrogens is 112 g/mol. The van der Waals surface area contributed by atoms with Crippen LogP contribution in [0.15, 0.2) is 18.2 Å². The van der Waals surface area contributed by atoms with Gasteiger partial charge in [-0.15, -0.1) is 0 Å². The Morgan fingerprint density at radius 3 is 3.00 bits per heavy atom. The van der Waals surface area contributed by atoms with Crippen LogP contribution in [0.5, 0.6) is 5.75 Å². The van der Waals surface area contributed by atoms with Crippen LogP contribution in [0, 0.1) is 6.92 Å². The Balaban J connectivity index is 2.71. The first-order chi connectivity index (χ1) is 4.38. The Labute approximate surface area is 54.3 Å². The van der Waals surface area contributed by atoms with Gasteiger partial charge in [-0.3, -0.25) is 0 Å². The van der Waals surface area contributed by atoms with E-state index in [1.807, 2.05) is 12.1 Å². The molecule has 0 fully saturated rings. The molecule has 1 aliphatic rings. The number of fused-ring (bicyclic) bond motifs is 2. The molecule has 46 valence electrons. The molecule has 1 heterocycles. The van der Waals surface area contributed by atoms with Crippen LogP contribution in [0.3, 0.4) is 0 Å². The Kier molecular flexibility index (Phi) is 0.810. The van der Waals surface area contributed by atoms with Crippen LogP contribution in [-0.2, 0) is 6.61 Å². The molecule has 0 N–H and O–H groups in total. The largest absolute Gasteiger partial charge is 0.489 e. The van der Waals surface area contributed by atoms with Crippen molar-refractivity contribution in [2.45, 2.75) is 13.5 Å². The third-order valence-electron chi connectivity index (χ3n) is 1.78. The van der Waals surface area contributed by atoms with E-state index in [2.05, 4.69) is 13.0 Å². The summed E-state index contributed by atoms with van der Waals surface area (Å²) in [5, 5.41) is 0. The minimum Gasteiger partial charge on any atom is -0.489 e. The summed E-state index contributed by atoms with van der Waals surface area (Å²) in [6.07, 6.45) is 0. The average Bonchev–Trinajstić information content (AvgIpc) is 2.19. The summed E-state index contributed by atoms with van der Waals surface area (Å²) in [6, 6.07) is 6.14. The van der Waals surface area contributed by atoms with Crippen LogP contribution in [0.2, 0.25) is 0 Å². The molecule has 0 amide bonds. The summed E-state index contributed by atoms with van der Waals surface area (Å²) in [5.41, 5.74) is 2.63. The molecule has 0 atom stereocenters. The number of hydrogen-bond acceptors (Lipinski definition) is 1. The first-order valence-corrected chi connectivity index (χ1v) is 3.09. The zero-order valence-electron chi connectivity index (χ0n) is 5.35. The lowest BCUT2D eigenvalue weighted by Crippen LogP contribution is -1.81. The monoisotopic (exact) mass is 120 g/mol. The second-order valence-corrected chi connectivity index (χ2v) is 2.33. The van der Waals surface area contributed by atoms with E-state index >= 15 is 0 Å². The topological polar surface area (TPSA) is 9.23 Å². The fourth-order valence-corrected chi connectivity index (χ4v) is 1.13. The third kappa shape index (κ3) is 0.545. The minimum atomic E-state index is 0.772. The molecule has 0 saturated heterocycles. The van der Waals surface area contributed by atoms with Crippen molar-refractivity contribution in [2.75, 3.05) is 0 Å². The van der Waals surface area contributed by atoms with Crippen molar-refractivity contribution in [3.8, 4) is 5.75 Å². The molecule has 1 aromatic carbocycles. The Morgan fingerprint density at radius 2 is 2.33 bits per heavy atom. The van der Waals surface area contributed by atoms with Crippen molar-refractivity contribution >= 4 is 0 Å². The maximum absolute atomic E-state index is 5.31. The molecule has 0 aromatic heterocycles. The Morgan fingerprint density at radius 1 is 1.44 bits per heavy atom. The second kappa shape index (κ2) is 1.50. The van der Waals surface area contributed by atoms with Gasteiger partial charge in [0.25, 0.3) is 0 Å². The van der Waals surface area contributed by atoms with Gasteiger partial charge in [0, 0.05) is 0 Å². The Bertz CT molecular complexity index is 218. The molecule has 1 heteroatoms. The van der Waals surface area contributed by atoms with E-state index in [4.69, 9.17) is 4.74 Å². The molecule has 9 heavy (non-hydrogen) atoms. The molecule has 0 saturated carbocycles. The van der Waals surface area contributed by atoms with E-state index < -0.39 is 0 Å². The summed E-state index contributed by atoms with van der Waals surface area (Å²) in [6.45, 7) is 2.87. The highest BCUT2D eigenvalue weighted by Crippen LogP contribution is 2.28. The van der Waals surface area contributed by atoms with Crippen LogP contribution in [0.1, 0.15) is 11.1 Å². The van der Waals surface area contributed by atoms with Crippen LogP contribution in [0.25, 0.3) is 0 Å². The molecule has 0 spiro atoms. The van der Waals surface area contributed by atoms with Crippen molar-refractivity contribution in [3.63, 3.8) is 0 Å². The molecule has 1 aromatic rings. The average molecular weight is 120 g/mol. The van der Waals surface area contributed by atoms with Crippen LogP contribution in [-0.4, -0.2) is 0 Å². The van der Waals surface area contributed by atoms with Gasteiger partial charge < -0.3 is 4.74 Å². The van der Waals surface area contributed by atoms with Gasteiger partial charge in [0.05, 0.1) is 0 Å². The van der Waals surface area contributed by atoms with Crippen molar-refractivity contribution in [1.29, 1.82) is 0 Å². The highest BCUT2D eigenvalue weighted by molar-refractivity contribution is 5.42. The summed E-state index contributed by atoms with van der Waals surface area (Å²) in [5.74, 6) is 1.05.